The van der Waals surface area contributed by atoms with Crippen LogP contribution in [0.5, 0.6) is 0 Å². The molecule has 7 nitrogen and oxygen atoms in total. The summed E-state index contributed by atoms with van der Waals surface area (Å²) in [6, 6.07) is 4.59. The van der Waals surface area contributed by atoms with Crippen LogP contribution < -0.4 is 4.90 Å². The Balaban J connectivity index is 2.38. The summed E-state index contributed by atoms with van der Waals surface area (Å²) >= 11 is 0. The fraction of sp³-hybridized carbons (Fsp3) is 0.467. The molecule has 23 heavy (non-hydrogen) atoms. The molecule has 1 aromatic carbocycles. The van der Waals surface area contributed by atoms with E-state index < -0.39 is 22.5 Å². The number of sulfonamides is 1. The minimum absolute atomic E-state index is 0.00422. The first-order chi connectivity index (χ1) is 10.8. The molecule has 126 valence electrons. The number of hydrogen-bond acceptors (Lipinski definition) is 4. The van der Waals surface area contributed by atoms with Gasteiger partial charge >= 0.3 is 5.97 Å². The van der Waals surface area contributed by atoms with Crippen molar-refractivity contribution in [3.63, 3.8) is 0 Å². The van der Waals surface area contributed by atoms with E-state index in [9.17, 15) is 18.0 Å². The highest BCUT2D eigenvalue weighted by atomic mass is 32.2. The maximum Gasteiger partial charge on any atom is 0.318 e. The predicted molar refractivity (Wildman–Crippen MR) is 84.9 cm³/mol. The SMILES string of the molecule is CCC(=O)N1CCCc2cc(S(=O)(=O)N(C)CC(=O)O)ccc21. The maximum absolute atomic E-state index is 12.4. The topological polar surface area (TPSA) is 95.0 Å². The van der Waals surface area contributed by atoms with Gasteiger partial charge in [0.1, 0.15) is 6.54 Å². The van der Waals surface area contributed by atoms with E-state index in [1.807, 2.05) is 0 Å². The molecular weight excluding hydrogens is 320 g/mol. The van der Waals surface area contributed by atoms with Gasteiger partial charge in [-0.1, -0.05) is 6.92 Å². The van der Waals surface area contributed by atoms with Crippen LogP contribution in [0.1, 0.15) is 25.3 Å². The average Bonchev–Trinajstić information content (AvgIpc) is 2.52. The van der Waals surface area contributed by atoms with Crippen molar-refractivity contribution in [2.45, 2.75) is 31.1 Å². The highest BCUT2D eigenvalue weighted by Gasteiger charge is 2.26. The lowest BCUT2D eigenvalue weighted by molar-refractivity contribution is -0.137. The fourth-order valence-corrected chi connectivity index (χ4v) is 3.81. The number of anilines is 1. The summed E-state index contributed by atoms with van der Waals surface area (Å²) in [5.41, 5.74) is 1.53. The van der Waals surface area contributed by atoms with Crippen molar-refractivity contribution in [1.82, 2.24) is 4.31 Å². The first-order valence-corrected chi connectivity index (χ1v) is 8.82. The van der Waals surface area contributed by atoms with E-state index in [1.54, 1.807) is 17.9 Å². The number of carboxylic acids is 1. The summed E-state index contributed by atoms with van der Waals surface area (Å²) in [4.78, 5) is 24.4. The first-order valence-electron chi connectivity index (χ1n) is 7.38. The van der Waals surface area contributed by atoms with Crippen molar-refractivity contribution >= 4 is 27.6 Å². The molecule has 0 unspecified atom stereocenters. The molecule has 0 aromatic heterocycles. The maximum atomic E-state index is 12.4. The molecule has 0 fully saturated rings. The van der Waals surface area contributed by atoms with E-state index in [4.69, 9.17) is 5.11 Å². The van der Waals surface area contributed by atoms with Crippen molar-refractivity contribution in [2.75, 3.05) is 25.0 Å². The number of carboxylic acid groups (broad SMARTS) is 1. The number of fused-ring (bicyclic) bond motifs is 1. The second kappa shape index (κ2) is 6.67. The van der Waals surface area contributed by atoms with Crippen molar-refractivity contribution in [1.29, 1.82) is 0 Å². The number of carbonyl (C=O) groups excluding carboxylic acids is 1. The van der Waals surface area contributed by atoms with E-state index in [0.29, 0.717) is 19.4 Å². The molecule has 1 N–H and O–H groups in total. The number of likely N-dealkylation sites (N-methyl/N-ethyl adjacent to an activating group) is 1. The standard InChI is InChI=1S/C15H20N2O5S/c1-3-14(18)17-8-4-5-11-9-12(6-7-13(11)17)23(21,22)16(2)10-15(19)20/h6-7,9H,3-5,8,10H2,1-2H3,(H,19,20). The number of benzene rings is 1. The molecule has 1 heterocycles. The van der Waals surface area contributed by atoms with Gasteiger partial charge in [-0.05, 0) is 36.6 Å². The number of hydrogen-bond donors (Lipinski definition) is 1. The van der Waals surface area contributed by atoms with Crippen LogP contribution in [0.2, 0.25) is 0 Å². The van der Waals surface area contributed by atoms with Crippen LogP contribution in [-0.4, -0.2) is 49.8 Å². The molecule has 0 radical (unpaired) electrons. The number of rotatable bonds is 5. The van der Waals surface area contributed by atoms with Crippen LogP contribution in [0, 0.1) is 0 Å². The molecule has 1 aliphatic heterocycles. The Morgan fingerprint density at radius 3 is 2.65 bits per heavy atom. The van der Waals surface area contributed by atoms with Crippen LogP contribution in [0.15, 0.2) is 23.1 Å². The summed E-state index contributed by atoms with van der Waals surface area (Å²) in [6.07, 6.45) is 1.85. The predicted octanol–water partition coefficient (Wildman–Crippen LogP) is 1.08. The van der Waals surface area contributed by atoms with Crippen LogP contribution >= 0.6 is 0 Å². The van der Waals surface area contributed by atoms with Gasteiger partial charge in [-0.2, -0.15) is 4.31 Å². The zero-order valence-corrected chi connectivity index (χ0v) is 14.0. The summed E-state index contributed by atoms with van der Waals surface area (Å²) in [6.45, 7) is 1.82. The van der Waals surface area contributed by atoms with Gasteiger partial charge in [0.05, 0.1) is 4.90 Å². The molecule has 0 aliphatic carbocycles. The lowest BCUT2D eigenvalue weighted by atomic mass is 10.0. The highest BCUT2D eigenvalue weighted by molar-refractivity contribution is 7.89. The van der Waals surface area contributed by atoms with Crippen molar-refractivity contribution < 1.29 is 23.1 Å². The zero-order chi connectivity index (χ0) is 17.2. The first kappa shape index (κ1) is 17.4. The Bertz CT molecular complexity index is 729. The Morgan fingerprint density at radius 1 is 1.35 bits per heavy atom. The molecule has 0 saturated carbocycles. The van der Waals surface area contributed by atoms with Crippen LogP contribution in [-0.2, 0) is 26.0 Å². The molecule has 0 atom stereocenters. The molecular formula is C15H20N2O5S. The zero-order valence-electron chi connectivity index (χ0n) is 13.2. The monoisotopic (exact) mass is 340 g/mol. The third kappa shape index (κ3) is 3.53. The van der Waals surface area contributed by atoms with Crippen molar-refractivity contribution in [2.24, 2.45) is 0 Å². The van der Waals surface area contributed by atoms with Crippen LogP contribution in [0.4, 0.5) is 5.69 Å². The summed E-state index contributed by atoms with van der Waals surface area (Å²) < 4.78 is 25.6. The van der Waals surface area contributed by atoms with Gasteiger partial charge in [0, 0.05) is 25.7 Å². The Kier molecular flexibility index (Phi) is 5.06. The largest absolute Gasteiger partial charge is 0.480 e. The van der Waals surface area contributed by atoms with E-state index in [-0.39, 0.29) is 10.8 Å². The van der Waals surface area contributed by atoms with Gasteiger partial charge < -0.3 is 10.0 Å². The summed E-state index contributed by atoms with van der Waals surface area (Å²) in [5, 5.41) is 8.76. The van der Waals surface area contributed by atoms with Gasteiger partial charge in [-0.15, -0.1) is 0 Å². The smallest absolute Gasteiger partial charge is 0.318 e. The van der Waals surface area contributed by atoms with Gasteiger partial charge in [-0.3, -0.25) is 9.59 Å². The molecule has 0 bridgehead atoms. The van der Waals surface area contributed by atoms with E-state index in [2.05, 4.69) is 0 Å². The normalized spacial score (nSPS) is 14.7. The van der Waals surface area contributed by atoms with Crippen LogP contribution in [0.25, 0.3) is 0 Å². The molecule has 0 saturated heterocycles. The van der Waals surface area contributed by atoms with E-state index in [1.165, 1.54) is 19.2 Å². The third-order valence-corrected chi connectivity index (χ3v) is 5.64. The Hall–Kier alpha value is -1.93. The molecule has 1 aliphatic rings. The quantitative estimate of drug-likeness (QED) is 0.865. The molecule has 8 heteroatoms. The van der Waals surface area contributed by atoms with Gasteiger partial charge in [0.2, 0.25) is 15.9 Å². The second-order valence-electron chi connectivity index (χ2n) is 5.45. The van der Waals surface area contributed by atoms with Gasteiger partial charge in [0.15, 0.2) is 0 Å². The Morgan fingerprint density at radius 2 is 2.04 bits per heavy atom. The second-order valence-corrected chi connectivity index (χ2v) is 7.49. The highest BCUT2D eigenvalue weighted by Crippen LogP contribution is 2.30. The number of carbonyl (C=O) groups is 2. The third-order valence-electron chi connectivity index (χ3n) is 3.84. The van der Waals surface area contributed by atoms with Crippen molar-refractivity contribution in [3.05, 3.63) is 23.8 Å². The molecule has 1 aromatic rings. The number of aliphatic carboxylic acids is 1. The summed E-state index contributed by atoms with van der Waals surface area (Å²) in [7, 11) is -2.63. The molecule has 2 rings (SSSR count). The van der Waals surface area contributed by atoms with E-state index >= 15 is 0 Å². The average molecular weight is 340 g/mol. The molecule has 1 amide bonds. The lowest BCUT2D eigenvalue weighted by Gasteiger charge is -2.30. The number of nitrogens with zero attached hydrogens (tertiary/aromatic N) is 2. The number of amides is 1. The fourth-order valence-electron chi connectivity index (χ4n) is 2.64. The van der Waals surface area contributed by atoms with Crippen molar-refractivity contribution in [3.8, 4) is 0 Å². The minimum Gasteiger partial charge on any atom is -0.480 e. The number of aryl methyl sites for hydroxylation is 1. The Labute approximate surface area is 135 Å². The lowest BCUT2D eigenvalue weighted by Crippen LogP contribution is -2.35. The van der Waals surface area contributed by atoms with Gasteiger partial charge in [-0.25, -0.2) is 8.42 Å². The van der Waals surface area contributed by atoms with Gasteiger partial charge in [0.25, 0.3) is 0 Å². The van der Waals surface area contributed by atoms with E-state index in [0.717, 1.165) is 22.0 Å². The minimum atomic E-state index is -3.86. The molecule has 0 spiro atoms. The summed E-state index contributed by atoms with van der Waals surface area (Å²) in [5.74, 6) is -1.21. The van der Waals surface area contributed by atoms with Crippen LogP contribution in [0.3, 0.4) is 0 Å².